The lowest BCUT2D eigenvalue weighted by Gasteiger charge is -2.28. The number of carboxylic acid groups (broad SMARTS) is 1. The molecule has 160 valence electrons. The maximum absolute atomic E-state index is 12.0. The number of hydrogen-bond donors (Lipinski definition) is 4. The van der Waals surface area contributed by atoms with Gasteiger partial charge in [0, 0.05) is 31.9 Å². The van der Waals surface area contributed by atoms with Crippen LogP contribution < -0.4 is 16.0 Å². The van der Waals surface area contributed by atoms with Crippen LogP contribution in [0.4, 0.5) is 5.82 Å². The lowest BCUT2D eigenvalue weighted by atomic mass is 10.0. The molecule has 1 amide bonds. The maximum Gasteiger partial charge on any atom is 0.326 e. The molecular weight excluding hydrogens is 370 g/mol. The van der Waals surface area contributed by atoms with E-state index in [0.29, 0.717) is 26.1 Å². The lowest BCUT2D eigenvalue weighted by molar-refractivity contribution is -0.143. The predicted octanol–water partition coefficient (Wildman–Crippen LogP) is 0.873. The van der Waals surface area contributed by atoms with Gasteiger partial charge in [-0.25, -0.2) is 9.78 Å². The van der Waals surface area contributed by atoms with Crippen molar-refractivity contribution in [3.63, 3.8) is 0 Å². The number of aromatic nitrogens is 1. The molecular formula is C21H33N5O3. The summed E-state index contributed by atoms with van der Waals surface area (Å²) in [6.07, 6.45) is 5.71. The highest BCUT2D eigenvalue weighted by atomic mass is 16.4. The van der Waals surface area contributed by atoms with E-state index in [-0.39, 0.29) is 11.8 Å². The van der Waals surface area contributed by atoms with Crippen molar-refractivity contribution in [3.8, 4) is 0 Å². The summed E-state index contributed by atoms with van der Waals surface area (Å²) in [5.41, 5.74) is 2.44. The zero-order valence-electron chi connectivity index (χ0n) is 17.2. The minimum absolute atomic E-state index is 0.0954. The van der Waals surface area contributed by atoms with Crippen LogP contribution in [0.5, 0.6) is 0 Å². The van der Waals surface area contributed by atoms with Gasteiger partial charge in [-0.2, -0.15) is 0 Å². The number of unbranched alkanes of at least 4 members (excludes halogenated alkanes) is 1. The average Bonchev–Trinajstić information content (AvgIpc) is 2.66. The van der Waals surface area contributed by atoms with E-state index in [1.54, 1.807) is 0 Å². The number of rotatable bonds is 11. The molecule has 1 saturated heterocycles. The number of carbonyl (C=O) groups excluding carboxylic acids is 1. The van der Waals surface area contributed by atoms with Crippen molar-refractivity contribution in [3.05, 3.63) is 23.4 Å². The Morgan fingerprint density at radius 1 is 1.31 bits per heavy atom. The monoisotopic (exact) mass is 403 g/mol. The van der Waals surface area contributed by atoms with Crippen LogP contribution in [0.3, 0.4) is 0 Å². The Bertz CT molecular complexity index is 708. The summed E-state index contributed by atoms with van der Waals surface area (Å²) in [5, 5.41) is 18.4. The number of carbonyl (C=O) groups is 2. The number of aliphatic carboxylic acids is 1. The molecule has 3 rings (SSSR count). The van der Waals surface area contributed by atoms with Gasteiger partial charge in [-0.15, -0.1) is 0 Å². The van der Waals surface area contributed by atoms with Crippen LogP contribution in [0.25, 0.3) is 0 Å². The van der Waals surface area contributed by atoms with E-state index in [1.807, 2.05) is 7.05 Å². The molecule has 0 radical (unpaired) electrons. The summed E-state index contributed by atoms with van der Waals surface area (Å²) in [4.78, 5) is 30.3. The lowest BCUT2D eigenvalue weighted by Crippen LogP contribution is -2.54. The Kier molecular flexibility index (Phi) is 7.83. The Morgan fingerprint density at radius 2 is 2.14 bits per heavy atom. The first-order chi connectivity index (χ1) is 14.0. The zero-order valence-corrected chi connectivity index (χ0v) is 17.2. The van der Waals surface area contributed by atoms with Gasteiger partial charge >= 0.3 is 5.97 Å². The van der Waals surface area contributed by atoms with Gasteiger partial charge in [-0.3, -0.25) is 4.79 Å². The van der Waals surface area contributed by atoms with Crippen molar-refractivity contribution in [2.24, 2.45) is 5.92 Å². The highest BCUT2D eigenvalue weighted by Gasteiger charge is 2.28. The first kappa shape index (κ1) is 21.5. The van der Waals surface area contributed by atoms with Gasteiger partial charge in [0.25, 0.3) is 0 Å². The summed E-state index contributed by atoms with van der Waals surface area (Å²) in [6, 6.07) is 3.50. The molecule has 0 aromatic carbocycles. The third-order valence-electron chi connectivity index (χ3n) is 5.74. The van der Waals surface area contributed by atoms with Crippen LogP contribution in [0.1, 0.15) is 36.9 Å². The van der Waals surface area contributed by atoms with Crippen molar-refractivity contribution in [2.45, 2.75) is 44.6 Å². The number of pyridine rings is 1. The fourth-order valence-electron chi connectivity index (χ4n) is 3.68. The van der Waals surface area contributed by atoms with Crippen molar-refractivity contribution in [1.82, 2.24) is 20.5 Å². The van der Waals surface area contributed by atoms with Gasteiger partial charge in [-0.1, -0.05) is 6.07 Å². The number of nitrogens with zero attached hydrogens (tertiary/aromatic N) is 2. The van der Waals surface area contributed by atoms with Crippen LogP contribution in [0, 0.1) is 5.92 Å². The smallest absolute Gasteiger partial charge is 0.326 e. The van der Waals surface area contributed by atoms with Gasteiger partial charge in [0.2, 0.25) is 5.91 Å². The van der Waals surface area contributed by atoms with Gasteiger partial charge in [0.1, 0.15) is 11.9 Å². The second-order valence-electron chi connectivity index (χ2n) is 8.14. The van der Waals surface area contributed by atoms with E-state index in [4.69, 9.17) is 4.98 Å². The molecule has 0 saturated carbocycles. The van der Waals surface area contributed by atoms with E-state index in [9.17, 15) is 14.7 Å². The second kappa shape index (κ2) is 10.5. The van der Waals surface area contributed by atoms with Gasteiger partial charge in [-0.05, 0) is 63.7 Å². The van der Waals surface area contributed by atoms with Crippen LogP contribution in [-0.2, 0) is 22.4 Å². The third kappa shape index (κ3) is 6.40. The Morgan fingerprint density at radius 3 is 2.86 bits per heavy atom. The van der Waals surface area contributed by atoms with E-state index in [0.717, 1.165) is 50.3 Å². The Balaban J connectivity index is 1.33. The fourth-order valence-corrected chi connectivity index (χ4v) is 3.68. The molecule has 3 heterocycles. The highest BCUT2D eigenvalue weighted by Crippen LogP contribution is 2.20. The summed E-state index contributed by atoms with van der Waals surface area (Å²) in [6.45, 7) is 3.81. The zero-order chi connectivity index (χ0) is 20.6. The predicted molar refractivity (Wildman–Crippen MR) is 112 cm³/mol. The molecule has 0 aliphatic carbocycles. The number of aryl methyl sites for hydroxylation is 2. The molecule has 0 spiro atoms. The SMILES string of the molecule is CN(CCCCc1ccc2c(n1)NCCC2)CCC(NC(=O)C1CNC1)C(=O)O. The van der Waals surface area contributed by atoms with E-state index in [2.05, 4.69) is 33.0 Å². The number of hydrogen-bond acceptors (Lipinski definition) is 6. The normalized spacial score (nSPS) is 17.2. The summed E-state index contributed by atoms with van der Waals surface area (Å²) >= 11 is 0. The van der Waals surface area contributed by atoms with Crippen LogP contribution in [-0.4, -0.2) is 72.7 Å². The highest BCUT2D eigenvalue weighted by molar-refractivity contribution is 5.85. The van der Waals surface area contributed by atoms with E-state index in [1.165, 1.54) is 12.0 Å². The molecule has 29 heavy (non-hydrogen) atoms. The topological polar surface area (TPSA) is 107 Å². The van der Waals surface area contributed by atoms with Crippen molar-refractivity contribution in [1.29, 1.82) is 0 Å². The number of nitrogens with one attached hydrogen (secondary N) is 3. The Labute approximate surface area is 172 Å². The number of carboxylic acids is 1. The third-order valence-corrected chi connectivity index (χ3v) is 5.74. The maximum atomic E-state index is 12.0. The molecule has 1 atom stereocenters. The molecule has 8 heteroatoms. The molecule has 1 aromatic rings. The second-order valence-corrected chi connectivity index (χ2v) is 8.14. The van der Waals surface area contributed by atoms with E-state index >= 15 is 0 Å². The van der Waals surface area contributed by atoms with Crippen molar-refractivity contribution < 1.29 is 14.7 Å². The van der Waals surface area contributed by atoms with E-state index < -0.39 is 12.0 Å². The van der Waals surface area contributed by atoms with Gasteiger partial charge in [0.15, 0.2) is 0 Å². The van der Waals surface area contributed by atoms with Crippen LogP contribution in [0.15, 0.2) is 12.1 Å². The van der Waals surface area contributed by atoms with Gasteiger partial charge in [0.05, 0.1) is 5.92 Å². The van der Waals surface area contributed by atoms with Crippen LogP contribution in [0.2, 0.25) is 0 Å². The fraction of sp³-hybridized carbons (Fsp3) is 0.667. The summed E-state index contributed by atoms with van der Waals surface area (Å²) in [5.74, 6) is -0.177. The van der Waals surface area contributed by atoms with Gasteiger partial charge < -0.3 is 26.0 Å². The molecule has 2 aliphatic rings. The molecule has 1 aromatic heterocycles. The molecule has 0 bridgehead atoms. The first-order valence-corrected chi connectivity index (χ1v) is 10.7. The van der Waals surface area contributed by atoms with Crippen LogP contribution >= 0.6 is 0 Å². The number of amides is 1. The summed E-state index contributed by atoms with van der Waals surface area (Å²) < 4.78 is 0. The standard InChI is InChI=1S/C21H33N5O3/c1-26(12-9-18(21(28)29)25-20(27)16-13-22-14-16)11-3-2-6-17-8-7-15-5-4-10-23-19(15)24-17/h7-8,16,18,22H,2-6,9-14H2,1H3,(H,23,24)(H,25,27)(H,28,29). The largest absolute Gasteiger partial charge is 0.480 e. The number of anilines is 1. The molecule has 1 unspecified atom stereocenters. The number of fused-ring (bicyclic) bond motifs is 1. The molecule has 1 fully saturated rings. The molecule has 8 nitrogen and oxygen atoms in total. The first-order valence-electron chi connectivity index (χ1n) is 10.7. The quantitative estimate of drug-likeness (QED) is 0.406. The average molecular weight is 404 g/mol. The minimum Gasteiger partial charge on any atom is -0.480 e. The van der Waals surface area contributed by atoms with Crippen molar-refractivity contribution in [2.75, 3.05) is 45.1 Å². The minimum atomic E-state index is -0.967. The van der Waals surface area contributed by atoms with Crippen molar-refractivity contribution >= 4 is 17.7 Å². The molecule has 2 aliphatic heterocycles. The molecule has 4 N–H and O–H groups in total. The Hall–Kier alpha value is -2.19. The summed E-state index contributed by atoms with van der Waals surface area (Å²) in [7, 11) is 2.00.